The summed E-state index contributed by atoms with van der Waals surface area (Å²) in [4.78, 5) is 6.74. The molecule has 0 spiro atoms. The molecule has 2 aromatic rings. The van der Waals surface area contributed by atoms with Gasteiger partial charge in [-0.15, -0.1) is 0 Å². The number of nitrogens with zero attached hydrogens (tertiary/aromatic N) is 2. The van der Waals surface area contributed by atoms with Crippen molar-refractivity contribution in [2.24, 2.45) is 4.99 Å². The molecule has 1 aliphatic heterocycles. The zero-order valence-electron chi connectivity index (χ0n) is 13.6. The Hall–Kier alpha value is -2.79. The van der Waals surface area contributed by atoms with Gasteiger partial charge >= 0.3 is 0 Å². The van der Waals surface area contributed by atoms with Crippen molar-refractivity contribution < 1.29 is 14.9 Å². The van der Waals surface area contributed by atoms with E-state index in [0.717, 1.165) is 44.6 Å². The van der Waals surface area contributed by atoms with Crippen molar-refractivity contribution in [2.45, 2.75) is 0 Å². The Bertz CT molecular complexity index is 1080. The monoisotopic (exact) mass is 322 g/mol. The first kappa shape index (κ1) is 14.8. The molecule has 0 fully saturated rings. The molecule has 1 aliphatic carbocycles. The van der Waals surface area contributed by atoms with Crippen LogP contribution in [0.4, 0.5) is 0 Å². The van der Waals surface area contributed by atoms with E-state index in [1.807, 2.05) is 38.4 Å². The van der Waals surface area contributed by atoms with E-state index in [4.69, 9.17) is 4.74 Å². The highest BCUT2D eigenvalue weighted by Gasteiger charge is 2.18. The fourth-order valence-electron chi connectivity index (χ4n) is 3.00. The number of hydrogen-bond donors (Lipinski definition) is 2. The van der Waals surface area contributed by atoms with Crippen LogP contribution in [0.25, 0.3) is 17.3 Å². The lowest BCUT2D eigenvalue weighted by atomic mass is 10.1. The van der Waals surface area contributed by atoms with Crippen LogP contribution in [-0.4, -0.2) is 42.4 Å². The first-order valence-corrected chi connectivity index (χ1v) is 7.82. The van der Waals surface area contributed by atoms with Gasteiger partial charge in [0.05, 0.1) is 11.1 Å². The van der Waals surface area contributed by atoms with Crippen molar-refractivity contribution in [1.82, 2.24) is 4.90 Å². The van der Waals surface area contributed by atoms with Crippen molar-refractivity contribution in [1.29, 1.82) is 0 Å². The minimum atomic E-state index is -0.130. The van der Waals surface area contributed by atoms with Gasteiger partial charge in [0.15, 0.2) is 11.5 Å². The van der Waals surface area contributed by atoms with Gasteiger partial charge in [-0.2, -0.15) is 0 Å². The Morgan fingerprint density at radius 1 is 1.04 bits per heavy atom. The molecule has 5 nitrogen and oxygen atoms in total. The van der Waals surface area contributed by atoms with Crippen molar-refractivity contribution in [2.75, 3.05) is 27.2 Å². The van der Waals surface area contributed by atoms with Gasteiger partial charge in [-0.3, -0.25) is 0 Å². The first-order chi connectivity index (χ1) is 11.5. The second kappa shape index (κ2) is 5.39. The minimum absolute atomic E-state index is 0.118. The third-order valence-corrected chi connectivity index (χ3v) is 4.25. The second-order valence-corrected chi connectivity index (χ2v) is 6.28. The molecule has 2 aliphatic rings. The summed E-state index contributed by atoms with van der Waals surface area (Å²) in [5.41, 5.74) is 1.84. The Balaban J connectivity index is 1.81. The lowest BCUT2D eigenvalue weighted by molar-refractivity contribution is 0.261. The Morgan fingerprint density at radius 3 is 2.62 bits per heavy atom. The van der Waals surface area contributed by atoms with E-state index in [9.17, 15) is 10.2 Å². The number of phenols is 2. The van der Waals surface area contributed by atoms with Crippen LogP contribution in [-0.2, 0) is 0 Å². The highest BCUT2D eigenvalue weighted by molar-refractivity contribution is 6.07. The summed E-state index contributed by atoms with van der Waals surface area (Å²) in [6.45, 7) is 1.48. The number of benzene rings is 2. The van der Waals surface area contributed by atoms with E-state index >= 15 is 0 Å². The summed E-state index contributed by atoms with van der Waals surface area (Å²) >= 11 is 0. The third kappa shape index (κ3) is 2.34. The molecule has 24 heavy (non-hydrogen) atoms. The number of fused-ring (bicyclic) bond motifs is 3. The maximum atomic E-state index is 9.75. The Kier molecular flexibility index (Phi) is 3.32. The fraction of sp³-hybridized carbons (Fsp3) is 0.211. The summed E-state index contributed by atoms with van der Waals surface area (Å²) in [7, 11) is 4.02. The van der Waals surface area contributed by atoms with Gasteiger partial charge in [0, 0.05) is 22.6 Å². The molecule has 0 bridgehead atoms. The molecule has 4 rings (SSSR count). The zero-order valence-corrected chi connectivity index (χ0v) is 13.6. The van der Waals surface area contributed by atoms with E-state index in [1.165, 1.54) is 0 Å². The SMILES string of the molecule is CN(C)CCOc1ccc2c(c1)=C1C=c3cc(O)c(O)cc3=C1N=2. The number of hydrogen-bond acceptors (Lipinski definition) is 5. The molecule has 0 radical (unpaired) electrons. The molecule has 0 aromatic heterocycles. The van der Waals surface area contributed by atoms with Gasteiger partial charge in [0.25, 0.3) is 0 Å². The van der Waals surface area contributed by atoms with Crippen molar-refractivity contribution in [3.63, 3.8) is 0 Å². The van der Waals surface area contributed by atoms with Crippen LogP contribution in [0.2, 0.25) is 0 Å². The first-order valence-electron chi connectivity index (χ1n) is 7.82. The standard InChI is InChI=1S/C19H18N2O3/c1-21(2)5-6-24-12-3-4-16-14(9-12)15-7-11-8-17(22)18(23)10-13(11)19(15)20-16/h3-4,7-10,22-23H,5-6H2,1-2H3. The van der Waals surface area contributed by atoms with Crippen LogP contribution in [0.3, 0.4) is 0 Å². The van der Waals surface area contributed by atoms with Crippen LogP contribution in [0.5, 0.6) is 17.2 Å². The van der Waals surface area contributed by atoms with Crippen LogP contribution in [0, 0.1) is 0 Å². The molecule has 5 heteroatoms. The van der Waals surface area contributed by atoms with Gasteiger partial charge in [-0.1, -0.05) is 0 Å². The maximum Gasteiger partial charge on any atom is 0.158 e. The largest absolute Gasteiger partial charge is 0.504 e. The number of ether oxygens (including phenoxy) is 1. The third-order valence-electron chi connectivity index (χ3n) is 4.25. The average molecular weight is 322 g/mol. The highest BCUT2D eigenvalue weighted by Crippen LogP contribution is 2.24. The molecule has 0 atom stereocenters. The molecule has 1 heterocycles. The van der Waals surface area contributed by atoms with Gasteiger partial charge in [0.2, 0.25) is 0 Å². The topological polar surface area (TPSA) is 65.3 Å². The van der Waals surface area contributed by atoms with Crippen LogP contribution in [0.1, 0.15) is 0 Å². The van der Waals surface area contributed by atoms with Crippen LogP contribution < -0.4 is 25.8 Å². The summed E-state index contributed by atoms with van der Waals surface area (Å²) < 4.78 is 5.81. The molecular formula is C19H18N2O3. The van der Waals surface area contributed by atoms with Crippen molar-refractivity contribution in [3.8, 4) is 17.2 Å². The van der Waals surface area contributed by atoms with E-state index in [0.29, 0.717) is 6.61 Å². The van der Waals surface area contributed by atoms with E-state index < -0.39 is 0 Å². The predicted molar refractivity (Wildman–Crippen MR) is 91.6 cm³/mol. The average Bonchev–Trinajstić information content (AvgIpc) is 3.04. The molecule has 2 N–H and O–H groups in total. The van der Waals surface area contributed by atoms with Crippen molar-refractivity contribution in [3.05, 3.63) is 51.3 Å². The van der Waals surface area contributed by atoms with E-state index in [-0.39, 0.29) is 11.5 Å². The molecule has 122 valence electrons. The van der Waals surface area contributed by atoms with Gasteiger partial charge in [0.1, 0.15) is 12.4 Å². The molecule has 0 unspecified atom stereocenters. The molecule has 0 saturated carbocycles. The molecule has 0 saturated heterocycles. The van der Waals surface area contributed by atoms with E-state index in [1.54, 1.807) is 12.1 Å². The van der Waals surface area contributed by atoms with Crippen LogP contribution in [0.15, 0.2) is 35.3 Å². The maximum absolute atomic E-state index is 9.75. The summed E-state index contributed by atoms with van der Waals surface area (Å²) in [6.07, 6.45) is 1.99. The van der Waals surface area contributed by atoms with Gasteiger partial charge in [-0.25, -0.2) is 4.99 Å². The van der Waals surface area contributed by atoms with Gasteiger partial charge in [-0.05, 0) is 55.7 Å². The quantitative estimate of drug-likeness (QED) is 0.740. The minimum Gasteiger partial charge on any atom is -0.504 e. The highest BCUT2D eigenvalue weighted by atomic mass is 16.5. The number of phenolic OH excluding ortho intramolecular Hbond substituents is 2. The molecule has 0 amide bonds. The molecule has 2 aromatic carbocycles. The normalized spacial score (nSPS) is 14.1. The number of likely N-dealkylation sites (N-methyl/N-ethyl adjacent to an activating group) is 1. The second-order valence-electron chi connectivity index (χ2n) is 6.28. The Morgan fingerprint density at radius 2 is 1.83 bits per heavy atom. The smallest absolute Gasteiger partial charge is 0.158 e. The summed E-state index contributed by atoms with van der Waals surface area (Å²) in [6, 6.07) is 9.00. The van der Waals surface area contributed by atoms with Gasteiger partial charge < -0.3 is 19.8 Å². The summed E-state index contributed by atoms with van der Waals surface area (Å²) in [5.74, 6) is 0.566. The zero-order chi connectivity index (χ0) is 16.8. The van der Waals surface area contributed by atoms with E-state index in [2.05, 4.69) is 9.89 Å². The molecular weight excluding hydrogens is 304 g/mol. The number of rotatable bonds is 4. The lowest BCUT2D eigenvalue weighted by Crippen LogP contribution is -2.25. The number of aromatic hydroxyl groups is 2. The van der Waals surface area contributed by atoms with Crippen LogP contribution >= 0.6 is 0 Å². The fourth-order valence-corrected chi connectivity index (χ4v) is 3.00. The summed E-state index contributed by atoms with van der Waals surface area (Å²) in [5, 5.41) is 23.1. The van der Waals surface area contributed by atoms with Crippen molar-refractivity contribution >= 4 is 17.3 Å². The lowest BCUT2D eigenvalue weighted by Gasteiger charge is -2.10. The Labute approximate surface area is 138 Å². The predicted octanol–water partition coefficient (Wildman–Crippen LogP) is -0.575.